The first-order valence-corrected chi connectivity index (χ1v) is 9.94. The van der Waals surface area contributed by atoms with Crippen LogP contribution in [0.3, 0.4) is 0 Å². The number of rotatable bonds is 6. The van der Waals surface area contributed by atoms with Gasteiger partial charge < -0.3 is 15.4 Å². The van der Waals surface area contributed by atoms with Crippen LogP contribution in [0.25, 0.3) is 0 Å². The van der Waals surface area contributed by atoms with E-state index in [1.54, 1.807) is 6.20 Å². The third kappa shape index (κ3) is 5.53. The van der Waals surface area contributed by atoms with Crippen molar-refractivity contribution in [2.24, 2.45) is 0 Å². The molecular formula is C18H25N5O3S. The summed E-state index contributed by atoms with van der Waals surface area (Å²) in [6.07, 6.45) is 4.18. The lowest BCUT2D eigenvalue weighted by Crippen LogP contribution is -2.34. The van der Waals surface area contributed by atoms with Crippen molar-refractivity contribution in [2.75, 3.05) is 5.32 Å². The highest BCUT2D eigenvalue weighted by molar-refractivity contribution is 7.11. The van der Waals surface area contributed by atoms with Crippen LogP contribution in [0.5, 0.6) is 0 Å². The number of aryl methyl sites for hydroxylation is 1. The highest BCUT2D eigenvalue weighted by Crippen LogP contribution is 2.34. The van der Waals surface area contributed by atoms with Gasteiger partial charge in [0.15, 0.2) is 5.82 Å². The first kappa shape index (κ1) is 19.3. The van der Waals surface area contributed by atoms with Crippen LogP contribution in [0.15, 0.2) is 12.3 Å². The normalized spacial score (nSPS) is 19.3. The van der Waals surface area contributed by atoms with Crippen LogP contribution in [0.4, 0.5) is 10.6 Å². The highest BCUT2D eigenvalue weighted by Gasteiger charge is 2.29. The van der Waals surface area contributed by atoms with Gasteiger partial charge in [-0.3, -0.25) is 9.89 Å². The second kappa shape index (κ2) is 8.51. The van der Waals surface area contributed by atoms with E-state index in [9.17, 15) is 9.59 Å². The summed E-state index contributed by atoms with van der Waals surface area (Å²) in [5.41, 5.74) is 0.973. The summed E-state index contributed by atoms with van der Waals surface area (Å²) in [6.45, 7) is 5.57. The minimum atomic E-state index is -0.369. The Morgan fingerprint density at radius 2 is 2.22 bits per heavy atom. The summed E-state index contributed by atoms with van der Waals surface area (Å²) in [6, 6.07) is 1.96. The summed E-state index contributed by atoms with van der Waals surface area (Å²) in [7, 11) is 0. The predicted octanol–water partition coefficient (Wildman–Crippen LogP) is 3.13. The monoisotopic (exact) mass is 391 g/mol. The Hall–Kier alpha value is -2.42. The molecule has 0 bridgehead atoms. The van der Waals surface area contributed by atoms with Gasteiger partial charge in [-0.1, -0.05) is 0 Å². The fourth-order valence-corrected chi connectivity index (χ4v) is 4.05. The predicted molar refractivity (Wildman–Crippen MR) is 103 cm³/mol. The summed E-state index contributed by atoms with van der Waals surface area (Å²) in [4.78, 5) is 28.9. The fraction of sp³-hybridized carbons (Fsp3) is 0.556. The number of anilines is 1. The molecule has 2 amide bonds. The zero-order valence-corrected chi connectivity index (χ0v) is 16.6. The average Bonchev–Trinajstić information content (AvgIpc) is 3.28. The van der Waals surface area contributed by atoms with Gasteiger partial charge in [0.1, 0.15) is 0 Å². The van der Waals surface area contributed by atoms with Crippen molar-refractivity contribution in [1.29, 1.82) is 0 Å². The van der Waals surface area contributed by atoms with Gasteiger partial charge in [0.25, 0.3) is 0 Å². The van der Waals surface area contributed by atoms with E-state index in [-0.39, 0.29) is 30.1 Å². The van der Waals surface area contributed by atoms with Gasteiger partial charge in [-0.05, 0) is 40.0 Å². The van der Waals surface area contributed by atoms with E-state index in [2.05, 4.69) is 25.8 Å². The fourth-order valence-electron chi connectivity index (χ4n) is 3.25. The molecule has 8 nitrogen and oxygen atoms in total. The number of aromatic nitrogens is 3. The molecule has 27 heavy (non-hydrogen) atoms. The number of hydrogen-bond donors (Lipinski definition) is 3. The first-order chi connectivity index (χ1) is 12.9. The molecule has 2 atom stereocenters. The molecule has 0 aromatic carbocycles. The SMILES string of the molecule is Cc1ncc(CC(=O)Nc2cc(C3CCC(NC(=O)OC(C)C)C3)[nH]n2)s1. The van der Waals surface area contributed by atoms with E-state index in [0.717, 1.165) is 34.8 Å². The van der Waals surface area contributed by atoms with Gasteiger partial charge in [-0.25, -0.2) is 9.78 Å². The minimum absolute atomic E-state index is 0.0946. The quantitative estimate of drug-likeness (QED) is 0.701. The molecule has 1 fully saturated rings. The number of amides is 2. The number of aromatic amines is 1. The van der Waals surface area contributed by atoms with E-state index >= 15 is 0 Å². The van der Waals surface area contributed by atoms with Crippen molar-refractivity contribution < 1.29 is 14.3 Å². The van der Waals surface area contributed by atoms with E-state index in [1.807, 2.05) is 26.8 Å². The molecule has 146 valence electrons. The largest absolute Gasteiger partial charge is 0.447 e. The van der Waals surface area contributed by atoms with Crippen molar-refractivity contribution in [3.63, 3.8) is 0 Å². The number of nitrogens with zero attached hydrogens (tertiary/aromatic N) is 2. The second-order valence-electron chi connectivity index (χ2n) is 7.08. The molecule has 0 saturated heterocycles. The molecule has 2 aromatic rings. The molecule has 2 heterocycles. The van der Waals surface area contributed by atoms with Crippen LogP contribution in [-0.2, 0) is 16.0 Å². The number of nitrogens with one attached hydrogen (secondary N) is 3. The van der Waals surface area contributed by atoms with Crippen LogP contribution in [0.1, 0.15) is 54.6 Å². The molecule has 0 radical (unpaired) electrons. The number of ether oxygens (including phenoxy) is 1. The Bertz CT molecular complexity index is 801. The zero-order valence-electron chi connectivity index (χ0n) is 15.7. The number of carbonyl (C=O) groups is 2. The van der Waals surface area contributed by atoms with E-state index in [4.69, 9.17) is 4.74 Å². The molecule has 3 rings (SSSR count). The third-order valence-electron chi connectivity index (χ3n) is 4.41. The maximum atomic E-state index is 12.1. The molecule has 0 spiro atoms. The Morgan fingerprint density at radius 3 is 2.93 bits per heavy atom. The number of carbonyl (C=O) groups excluding carboxylic acids is 2. The van der Waals surface area contributed by atoms with Crippen LogP contribution < -0.4 is 10.6 Å². The van der Waals surface area contributed by atoms with Gasteiger partial charge in [0, 0.05) is 34.8 Å². The topological polar surface area (TPSA) is 109 Å². The van der Waals surface area contributed by atoms with Gasteiger partial charge >= 0.3 is 6.09 Å². The van der Waals surface area contributed by atoms with E-state index in [0.29, 0.717) is 12.2 Å². The molecule has 3 N–H and O–H groups in total. The van der Waals surface area contributed by atoms with Gasteiger partial charge in [-0.2, -0.15) is 5.10 Å². The maximum Gasteiger partial charge on any atom is 0.407 e. The Morgan fingerprint density at radius 1 is 1.41 bits per heavy atom. The Balaban J connectivity index is 1.49. The molecular weight excluding hydrogens is 366 g/mol. The van der Waals surface area contributed by atoms with Crippen LogP contribution in [0.2, 0.25) is 0 Å². The second-order valence-corrected chi connectivity index (χ2v) is 8.40. The molecule has 2 aromatic heterocycles. The van der Waals surface area contributed by atoms with Crippen LogP contribution >= 0.6 is 11.3 Å². The summed E-state index contributed by atoms with van der Waals surface area (Å²) < 4.78 is 5.13. The molecule has 1 saturated carbocycles. The standard InChI is InChI=1S/C18H25N5O3S/c1-10(2)26-18(25)20-13-5-4-12(6-13)15-8-16(23-22-15)21-17(24)7-14-9-19-11(3)27-14/h8-10,12-13H,4-7H2,1-3H3,(H,20,25)(H2,21,22,23,24). The highest BCUT2D eigenvalue weighted by atomic mass is 32.1. The van der Waals surface area contributed by atoms with Crippen molar-refractivity contribution >= 4 is 29.2 Å². The first-order valence-electron chi connectivity index (χ1n) is 9.12. The molecule has 1 aliphatic rings. The number of alkyl carbamates (subject to hydrolysis) is 1. The van der Waals surface area contributed by atoms with Crippen molar-refractivity contribution in [1.82, 2.24) is 20.5 Å². The van der Waals surface area contributed by atoms with Crippen LogP contribution in [0, 0.1) is 6.92 Å². The van der Waals surface area contributed by atoms with Crippen molar-refractivity contribution in [3.8, 4) is 0 Å². The lowest BCUT2D eigenvalue weighted by atomic mass is 10.0. The number of thiazole rings is 1. The average molecular weight is 391 g/mol. The minimum Gasteiger partial charge on any atom is -0.447 e. The van der Waals surface area contributed by atoms with Gasteiger partial charge in [0.2, 0.25) is 5.91 Å². The van der Waals surface area contributed by atoms with Gasteiger partial charge in [-0.15, -0.1) is 11.3 Å². The smallest absolute Gasteiger partial charge is 0.407 e. The Labute approximate surface area is 162 Å². The Kier molecular flexibility index (Phi) is 6.10. The summed E-state index contributed by atoms with van der Waals surface area (Å²) >= 11 is 1.52. The lowest BCUT2D eigenvalue weighted by Gasteiger charge is -2.14. The molecule has 9 heteroatoms. The summed E-state index contributed by atoms with van der Waals surface area (Å²) in [5.74, 6) is 0.683. The van der Waals surface area contributed by atoms with E-state index in [1.165, 1.54) is 11.3 Å². The van der Waals surface area contributed by atoms with E-state index < -0.39 is 0 Å². The lowest BCUT2D eigenvalue weighted by molar-refractivity contribution is -0.115. The number of hydrogen-bond acceptors (Lipinski definition) is 6. The van der Waals surface area contributed by atoms with Crippen LogP contribution in [-0.4, -0.2) is 39.3 Å². The van der Waals surface area contributed by atoms with Crippen molar-refractivity contribution in [2.45, 2.75) is 64.5 Å². The molecule has 1 aliphatic carbocycles. The zero-order chi connectivity index (χ0) is 19.4. The number of H-pyrrole nitrogens is 1. The van der Waals surface area contributed by atoms with Gasteiger partial charge in [0.05, 0.1) is 17.5 Å². The van der Waals surface area contributed by atoms with Crippen molar-refractivity contribution in [3.05, 3.63) is 27.8 Å². The third-order valence-corrected chi connectivity index (χ3v) is 5.32. The maximum absolute atomic E-state index is 12.1. The summed E-state index contributed by atoms with van der Waals surface area (Å²) in [5, 5.41) is 13.9. The molecule has 0 aliphatic heterocycles. The molecule has 2 unspecified atom stereocenters.